The van der Waals surface area contributed by atoms with Gasteiger partial charge in [-0.15, -0.1) is 0 Å². The number of hydrogen-bond acceptors (Lipinski definition) is 10. The van der Waals surface area contributed by atoms with Gasteiger partial charge in [-0.3, -0.25) is 29.5 Å². The molecule has 11 rings (SSSR count). The molecule has 1 unspecified atom stereocenters. The Kier molecular flexibility index (Phi) is 8.34. The normalized spacial score (nSPS) is 26.9. The van der Waals surface area contributed by atoms with Crippen LogP contribution in [0.25, 0.3) is 10.9 Å². The number of carbonyl (C=O) groups is 3. The van der Waals surface area contributed by atoms with Gasteiger partial charge in [-0.25, -0.2) is 18.7 Å². The highest BCUT2D eigenvalue weighted by Gasteiger charge is 2.53. The van der Waals surface area contributed by atoms with E-state index in [-0.39, 0.29) is 42.9 Å². The number of halogens is 2. The van der Waals surface area contributed by atoms with Gasteiger partial charge in [0, 0.05) is 103 Å². The van der Waals surface area contributed by atoms with E-state index in [1.807, 2.05) is 54.5 Å². The first-order valence-corrected chi connectivity index (χ1v) is 20.7. The number of rotatable bonds is 7. The minimum absolute atomic E-state index is 0.0562. The summed E-state index contributed by atoms with van der Waals surface area (Å²) in [5.74, 6) is 1.20. The number of anilines is 2. The maximum atomic E-state index is 13.9. The van der Waals surface area contributed by atoms with Crippen molar-refractivity contribution in [2.24, 2.45) is 11.3 Å². The van der Waals surface area contributed by atoms with Crippen LogP contribution in [0.2, 0.25) is 0 Å². The zero-order valence-corrected chi connectivity index (χ0v) is 32.5. The van der Waals surface area contributed by atoms with Crippen LogP contribution in [0.1, 0.15) is 71.4 Å². The summed E-state index contributed by atoms with van der Waals surface area (Å²) in [7, 11) is 0. The van der Waals surface area contributed by atoms with Crippen LogP contribution < -0.4 is 19.9 Å². The molecule has 13 nitrogen and oxygen atoms in total. The molecule has 8 heterocycles. The SMILES string of the molecule is C[C@@H]1Cc2c([nH]c3ccccc23)[C@@H](c2cnc(N3CC4(CC(CN5CCN6c7ccc8c(c7OC[C@H]6C5)CN(C5CCC(=O)NC5=O)C8=O)C4)C3)nc2)N1CC(F)F. The van der Waals surface area contributed by atoms with E-state index in [4.69, 9.17) is 14.7 Å². The maximum Gasteiger partial charge on any atom is 0.255 e. The van der Waals surface area contributed by atoms with Crippen molar-refractivity contribution in [1.82, 2.24) is 35.0 Å². The standard InChI is InChI=1S/C43H47F2N9O4/c1-24-12-30-28-4-2-3-5-32(28)48-37(30)38(53(24)20-35(44)45)26-15-46-42(47-16-26)51-22-43(23-51)13-25(14-43)17-50-10-11-52-27(18-50)21-58-39-31-19-54(34-8-9-36(55)49-40(34)56)41(57)29(31)6-7-33(39)52/h2-7,15-16,24-25,27,34-35,38,48H,8-14,17-23H2,1H3,(H,49,55,56)/t24-,27-,34?,38-/m1/s1. The van der Waals surface area contributed by atoms with Crippen molar-refractivity contribution in [2.75, 3.05) is 62.2 Å². The molecule has 3 amide bonds. The second-order valence-electron chi connectivity index (χ2n) is 17.8. The highest BCUT2D eigenvalue weighted by molar-refractivity contribution is 6.06. The summed E-state index contributed by atoms with van der Waals surface area (Å²) in [6, 6.07) is 11.2. The lowest BCUT2D eigenvalue weighted by molar-refractivity contribution is -0.136. The minimum Gasteiger partial charge on any atom is -0.489 e. The summed E-state index contributed by atoms with van der Waals surface area (Å²) in [6.45, 7) is 8.25. The average Bonchev–Trinajstić information content (AvgIpc) is 3.72. The van der Waals surface area contributed by atoms with E-state index >= 15 is 0 Å². The first-order valence-electron chi connectivity index (χ1n) is 20.7. The fourth-order valence-corrected chi connectivity index (χ4v) is 11.5. The highest BCUT2D eigenvalue weighted by Crippen LogP contribution is 2.53. The number of amides is 3. The molecule has 302 valence electrons. The van der Waals surface area contributed by atoms with E-state index in [0.29, 0.717) is 48.8 Å². The molecule has 6 aliphatic heterocycles. The quantitative estimate of drug-likeness (QED) is 0.264. The average molecular weight is 792 g/mol. The molecule has 4 atom stereocenters. The maximum absolute atomic E-state index is 13.9. The van der Waals surface area contributed by atoms with Crippen LogP contribution in [-0.2, 0) is 22.6 Å². The molecule has 15 heteroatoms. The Labute approximate surface area is 334 Å². The van der Waals surface area contributed by atoms with Gasteiger partial charge in [-0.05, 0) is 62.3 Å². The molecule has 3 saturated heterocycles. The van der Waals surface area contributed by atoms with E-state index in [1.165, 1.54) is 18.4 Å². The Morgan fingerprint density at radius 3 is 2.60 bits per heavy atom. The first-order chi connectivity index (χ1) is 28.1. The number of alkyl halides is 2. The number of nitrogens with zero attached hydrogens (tertiary/aromatic N) is 7. The number of carbonyl (C=O) groups excluding carboxylic acids is 3. The van der Waals surface area contributed by atoms with Crippen molar-refractivity contribution in [3.8, 4) is 5.75 Å². The molecular weight excluding hydrogens is 745 g/mol. The monoisotopic (exact) mass is 791 g/mol. The third-order valence-electron chi connectivity index (χ3n) is 14.1. The van der Waals surface area contributed by atoms with Gasteiger partial charge in [0.25, 0.3) is 12.3 Å². The number of imide groups is 1. The van der Waals surface area contributed by atoms with Crippen LogP contribution in [0.3, 0.4) is 0 Å². The van der Waals surface area contributed by atoms with Gasteiger partial charge in [-0.2, -0.15) is 0 Å². The molecule has 4 aromatic rings. The van der Waals surface area contributed by atoms with Crippen molar-refractivity contribution in [1.29, 1.82) is 0 Å². The van der Waals surface area contributed by atoms with Gasteiger partial charge in [0.1, 0.15) is 18.4 Å². The second kappa shape index (κ2) is 13.4. The molecule has 0 bridgehead atoms. The lowest BCUT2D eigenvalue weighted by atomic mass is 9.57. The van der Waals surface area contributed by atoms with Gasteiger partial charge >= 0.3 is 0 Å². The number of aromatic nitrogens is 3. The minimum atomic E-state index is -2.44. The van der Waals surface area contributed by atoms with Crippen molar-refractivity contribution >= 4 is 40.3 Å². The number of H-pyrrole nitrogens is 1. The summed E-state index contributed by atoms with van der Waals surface area (Å²) in [5, 5.41) is 3.53. The summed E-state index contributed by atoms with van der Waals surface area (Å²) in [5.41, 5.74) is 6.72. The topological polar surface area (TPSA) is 130 Å². The van der Waals surface area contributed by atoms with E-state index < -0.39 is 18.4 Å². The molecule has 4 fully saturated rings. The number of piperazine rings is 1. The largest absolute Gasteiger partial charge is 0.489 e. The van der Waals surface area contributed by atoms with Crippen LogP contribution in [-0.4, -0.2) is 124 Å². The highest BCUT2D eigenvalue weighted by atomic mass is 19.3. The number of fused-ring (bicyclic) bond motifs is 8. The van der Waals surface area contributed by atoms with Crippen LogP contribution in [0.4, 0.5) is 20.4 Å². The predicted molar refractivity (Wildman–Crippen MR) is 211 cm³/mol. The van der Waals surface area contributed by atoms with Gasteiger partial charge in [0.15, 0.2) is 0 Å². The summed E-state index contributed by atoms with van der Waals surface area (Å²) >= 11 is 0. The van der Waals surface area contributed by atoms with Gasteiger partial charge < -0.3 is 24.4 Å². The summed E-state index contributed by atoms with van der Waals surface area (Å²) in [4.78, 5) is 61.5. The van der Waals surface area contributed by atoms with E-state index in [1.54, 1.807) is 4.90 Å². The molecule has 2 aromatic heterocycles. The predicted octanol–water partition coefficient (Wildman–Crippen LogP) is 4.12. The number of ether oxygens (including phenoxy) is 1. The number of aromatic amines is 1. The number of benzene rings is 2. The second-order valence-corrected chi connectivity index (χ2v) is 17.8. The van der Waals surface area contributed by atoms with Gasteiger partial charge in [0.2, 0.25) is 17.8 Å². The van der Waals surface area contributed by atoms with Crippen LogP contribution in [0.5, 0.6) is 5.75 Å². The Bertz CT molecular complexity index is 2320. The summed E-state index contributed by atoms with van der Waals surface area (Å²) < 4.78 is 34.1. The van der Waals surface area contributed by atoms with E-state index in [9.17, 15) is 23.2 Å². The molecule has 2 N–H and O–H groups in total. The van der Waals surface area contributed by atoms with Crippen molar-refractivity contribution in [2.45, 2.75) is 76.2 Å². The van der Waals surface area contributed by atoms with Crippen LogP contribution in [0, 0.1) is 11.3 Å². The molecule has 58 heavy (non-hydrogen) atoms. The van der Waals surface area contributed by atoms with E-state index in [2.05, 4.69) is 31.1 Å². The number of piperidine rings is 1. The number of nitrogens with one attached hydrogen (secondary N) is 2. The Balaban J connectivity index is 0.699. The Morgan fingerprint density at radius 1 is 1.00 bits per heavy atom. The third-order valence-corrected chi connectivity index (χ3v) is 14.1. The Hall–Kier alpha value is -5.15. The van der Waals surface area contributed by atoms with Crippen molar-refractivity contribution < 1.29 is 27.9 Å². The molecule has 1 saturated carbocycles. The fourth-order valence-electron chi connectivity index (χ4n) is 11.5. The van der Waals surface area contributed by atoms with Crippen LogP contribution >= 0.6 is 0 Å². The number of hydrogen-bond donors (Lipinski definition) is 2. The van der Waals surface area contributed by atoms with Gasteiger partial charge in [0.05, 0.1) is 30.9 Å². The third kappa shape index (κ3) is 5.78. The lowest BCUT2D eigenvalue weighted by Gasteiger charge is -2.60. The van der Waals surface area contributed by atoms with Crippen molar-refractivity contribution in [3.05, 3.63) is 76.7 Å². The summed E-state index contributed by atoms with van der Waals surface area (Å²) in [6.07, 6.45) is 4.86. The molecule has 1 spiro atoms. The first kappa shape index (κ1) is 36.0. The smallest absolute Gasteiger partial charge is 0.255 e. The molecule has 7 aliphatic rings. The van der Waals surface area contributed by atoms with Crippen LogP contribution in [0.15, 0.2) is 48.8 Å². The number of para-hydroxylation sites is 1. The molecule has 1 aliphatic carbocycles. The zero-order chi connectivity index (χ0) is 39.4. The Morgan fingerprint density at radius 2 is 1.81 bits per heavy atom. The lowest BCUT2D eigenvalue weighted by Crippen LogP contribution is -2.65. The molecule has 2 aromatic carbocycles. The van der Waals surface area contributed by atoms with E-state index in [0.717, 1.165) is 78.4 Å². The molecule has 0 radical (unpaired) electrons. The zero-order valence-electron chi connectivity index (χ0n) is 32.5. The molecular formula is C43H47F2N9O4. The van der Waals surface area contributed by atoms with Crippen molar-refractivity contribution in [3.63, 3.8) is 0 Å². The fraction of sp³-hybridized carbons (Fsp3) is 0.512. The van der Waals surface area contributed by atoms with Gasteiger partial charge in [-0.1, -0.05) is 18.2 Å².